The summed E-state index contributed by atoms with van der Waals surface area (Å²) in [5.74, 6) is 0.926. The lowest BCUT2D eigenvalue weighted by atomic mass is 9.90. The van der Waals surface area contributed by atoms with Gasteiger partial charge in [0.25, 0.3) is 0 Å². The Balaban J connectivity index is 2.66. The molecule has 0 N–H and O–H groups in total. The Hall–Kier alpha value is -1.15. The van der Waals surface area contributed by atoms with E-state index in [1.54, 1.807) is 7.11 Å². The molecule has 2 aromatic rings. The number of methoxy groups -OCH3 is 1. The lowest BCUT2D eigenvalue weighted by Gasteiger charge is -2.26. The summed E-state index contributed by atoms with van der Waals surface area (Å²) in [6.07, 6.45) is 2.19. The molecule has 2 heteroatoms. The zero-order valence-corrected chi connectivity index (χ0v) is 12.1. The highest BCUT2D eigenvalue weighted by Crippen LogP contribution is 2.39. The van der Waals surface area contributed by atoms with Gasteiger partial charge in [0.15, 0.2) is 0 Å². The van der Waals surface area contributed by atoms with Crippen LogP contribution in [0.3, 0.4) is 0 Å². The number of ether oxygens (including phenoxy) is 1. The molecule has 0 aliphatic rings. The molecule has 0 saturated heterocycles. The molecule has 0 aromatic heterocycles. The Morgan fingerprint density at radius 1 is 1.11 bits per heavy atom. The van der Waals surface area contributed by atoms with Gasteiger partial charge in [0.2, 0.25) is 0 Å². The lowest BCUT2D eigenvalue weighted by molar-refractivity contribution is 0.419. The van der Waals surface area contributed by atoms with Crippen LogP contribution >= 0.6 is 12.6 Å². The standard InChI is InChI=1S/C16H20OS/c1-4-11-16(2,18)14-9-10-15(17-3)13-8-6-5-7-12(13)14/h5-10,18H,4,11H2,1-3H3. The molecule has 1 atom stereocenters. The normalized spacial score (nSPS) is 14.4. The molecule has 1 nitrogen and oxygen atoms in total. The fourth-order valence-electron chi connectivity index (χ4n) is 2.54. The molecule has 2 aromatic carbocycles. The SMILES string of the molecule is CCCC(C)(S)c1ccc(OC)c2ccccc12. The molecule has 0 fully saturated rings. The lowest BCUT2D eigenvalue weighted by Crippen LogP contribution is -2.14. The van der Waals surface area contributed by atoms with Gasteiger partial charge in [-0.3, -0.25) is 0 Å². The van der Waals surface area contributed by atoms with E-state index in [2.05, 4.69) is 38.1 Å². The quantitative estimate of drug-likeness (QED) is 0.777. The third-order valence-electron chi connectivity index (χ3n) is 3.42. The molecule has 0 heterocycles. The van der Waals surface area contributed by atoms with E-state index in [0.29, 0.717) is 0 Å². The predicted molar refractivity (Wildman–Crippen MR) is 81.7 cm³/mol. The predicted octanol–water partition coefficient (Wildman–Crippen LogP) is 4.79. The number of thiol groups is 1. The monoisotopic (exact) mass is 260 g/mol. The third-order valence-corrected chi connectivity index (χ3v) is 3.89. The number of benzene rings is 2. The topological polar surface area (TPSA) is 9.23 Å². The van der Waals surface area contributed by atoms with E-state index in [1.165, 1.54) is 10.9 Å². The van der Waals surface area contributed by atoms with Crippen molar-refractivity contribution in [2.45, 2.75) is 31.4 Å². The smallest absolute Gasteiger partial charge is 0.126 e. The van der Waals surface area contributed by atoms with Crippen molar-refractivity contribution in [2.24, 2.45) is 0 Å². The van der Waals surface area contributed by atoms with Crippen molar-refractivity contribution >= 4 is 23.4 Å². The van der Waals surface area contributed by atoms with E-state index in [1.807, 2.05) is 12.1 Å². The molecule has 1 unspecified atom stereocenters. The van der Waals surface area contributed by atoms with Crippen molar-refractivity contribution in [1.82, 2.24) is 0 Å². The summed E-state index contributed by atoms with van der Waals surface area (Å²) < 4.78 is 5.33. The molecule has 0 bridgehead atoms. The fraction of sp³-hybridized carbons (Fsp3) is 0.375. The van der Waals surface area contributed by atoms with Gasteiger partial charge >= 0.3 is 0 Å². The van der Waals surface area contributed by atoms with E-state index in [-0.39, 0.29) is 4.75 Å². The van der Waals surface area contributed by atoms with Crippen LogP contribution in [0.25, 0.3) is 10.8 Å². The second-order valence-corrected chi connectivity index (χ2v) is 5.87. The molecule has 0 amide bonds. The second kappa shape index (κ2) is 5.23. The van der Waals surface area contributed by atoms with Crippen LogP contribution in [0.15, 0.2) is 36.4 Å². The fourth-order valence-corrected chi connectivity index (χ4v) is 2.96. The number of rotatable bonds is 4. The molecule has 0 aliphatic carbocycles. The Morgan fingerprint density at radius 3 is 2.39 bits per heavy atom. The van der Waals surface area contributed by atoms with Crippen molar-refractivity contribution in [3.63, 3.8) is 0 Å². The summed E-state index contributed by atoms with van der Waals surface area (Å²) in [6, 6.07) is 12.6. The van der Waals surface area contributed by atoms with Crippen LogP contribution in [-0.2, 0) is 4.75 Å². The molecule has 0 radical (unpaired) electrons. The van der Waals surface area contributed by atoms with Gasteiger partial charge in [-0.15, -0.1) is 0 Å². The van der Waals surface area contributed by atoms with Gasteiger partial charge in [-0.1, -0.05) is 43.7 Å². The highest BCUT2D eigenvalue weighted by Gasteiger charge is 2.23. The number of hydrogen-bond acceptors (Lipinski definition) is 2. The largest absolute Gasteiger partial charge is 0.496 e. The summed E-state index contributed by atoms with van der Waals surface area (Å²) in [5, 5.41) is 2.40. The van der Waals surface area contributed by atoms with Crippen molar-refractivity contribution in [1.29, 1.82) is 0 Å². The van der Waals surface area contributed by atoms with Gasteiger partial charge in [0.1, 0.15) is 5.75 Å². The van der Waals surface area contributed by atoms with Gasteiger partial charge in [0.05, 0.1) is 7.11 Å². The highest BCUT2D eigenvalue weighted by atomic mass is 32.1. The highest BCUT2D eigenvalue weighted by molar-refractivity contribution is 7.81. The van der Waals surface area contributed by atoms with E-state index < -0.39 is 0 Å². The van der Waals surface area contributed by atoms with Crippen LogP contribution in [0.5, 0.6) is 5.75 Å². The van der Waals surface area contributed by atoms with Crippen LogP contribution < -0.4 is 4.74 Å². The maximum atomic E-state index is 5.43. The van der Waals surface area contributed by atoms with Gasteiger partial charge < -0.3 is 4.74 Å². The minimum atomic E-state index is -0.0966. The van der Waals surface area contributed by atoms with Gasteiger partial charge in [-0.2, -0.15) is 12.6 Å². The summed E-state index contributed by atoms with van der Waals surface area (Å²) >= 11 is 4.85. The van der Waals surface area contributed by atoms with Crippen LogP contribution in [0, 0.1) is 0 Å². The second-order valence-electron chi connectivity index (χ2n) is 4.88. The first-order valence-corrected chi connectivity index (χ1v) is 6.83. The van der Waals surface area contributed by atoms with Gasteiger partial charge in [-0.05, 0) is 30.4 Å². The third kappa shape index (κ3) is 2.35. The zero-order chi connectivity index (χ0) is 13.2. The van der Waals surface area contributed by atoms with Gasteiger partial charge in [0, 0.05) is 10.1 Å². The Bertz CT molecular complexity index is 546. The minimum absolute atomic E-state index is 0.0966. The van der Waals surface area contributed by atoms with Crippen LogP contribution in [0.4, 0.5) is 0 Å². The molecular formula is C16H20OS. The van der Waals surface area contributed by atoms with Crippen molar-refractivity contribution in [3.05, 3.63) is 42.0 Å². The molecule has 0 spiro atoms. The first-order chi connectivity index (χ1) is 8.60. The first-order valence-electron chi connectivity index (χ1n) is 6.38. The maximum Gasteiger partial charge on any atom is 0.126 e. The summed E-state index contributed by atoms with van der Waals surface area (Å²) in [5.41, 5.74) is 1.28. The Morgan fingerprint density at radius 2 is 1.78 bits per heavy atom. The average molecular weight is 260 g/mol. The molecule has 0 aliphatic heterocycles. The van der Waals surface area contributed by atoms with Gasteiger partial charge in [-0.25, -0.2) is 0 Å². The van der Waals surface area contributed by atoms with E-state index in [4.69, 9.17) is 17.4 Å². The molecule has 2 rings (SSSR count). The zero-order valence-electron chi connectivity index (χ0n) is 11.2. The Kier molecular flexibility index (Phi) is 3.86. The summed E-state index contributed by atoms with van der Waals surface area (Å²) in [7, 11) is 1.72. The number of hydrogen-bond donors (Lipinski definition) is 1. The minimum Gasteiger partial charge on any atom is -0.496 e. The van der Waals surface area contributed by atoms with Crippen molar-refractivity contribution in [3.8, 4) is 5.75 Å². The van der Waals surface area contributed by atoms with E-state index in [9.17, 15) is 0 Å². The van der Waals surface area contributed by atoms with Crippen LogP contribution in [-0.4, -0.2) is 7.11 Å². The molecular weight excluding hydrogens is 240 g/mol. The molecule has 18 heavy (non-hydrogen) atoms. The molecule has 96 valence electrons. The summed E-state index contributed by atoms with van der Waals surface area (Å²) in [4.78, 5) is 0. The van der Waals surface area contributed by atoms with Crippen LogP contribution in [0.2, 0.25) is 0 Å². The number of fused-ring (bicyclic) bond motifs is 1. The van der Waals surface area contributed by atoms with E-state index >= 15 is 0 Å². The summed E-state index contributed by atoms with van der Waals surface area (Å²) in [6.45, 7) is 4.38. The van der Waals surface area contributed by atoms with Crippen molar-refractivity contribution in [2.75, 3.05) is 7.11 Å². The van der Waals surface area contributed by atoms with Crippen molar-refractivity contribution < 1.29 is 4.74 Å². The van der Waals surface area contributed by atoms with E-state index in [0.717, 1.165) is 24.0 Å². The van der Waals surface area contributed by atoms with Crippen LogP contribution in [0.1, 0.15) is 32.3 Å². The molecule has 0 saturated carbocycles. The first kappa shape index (κ1) is 13.3. The average Bonchev–Trinajstić information content (AvgIpc) is 2.37. The Labute approximate surface area is 115 Å². The maximum absolute atomic E-state index is 5.43.